The van der Waals surface area contributed by atoms with E-state index in [1.54, 1.807) is 29.2 Å². The van der Waals surface area contributed by atoms with Crippen LogP contribution >= 0.6 is 11.8 Å². The highest BCUT2D eigenvalue weighted by Crippen LogP contribution is 2.23. The molecule has 0 unspecified atom stereocenters. The summed E-state index contributed by atoms with van der Waals surface area (Å²) in [6.07, 6.45) is 4.39. The first kappa shape index (κ1) is 21.3. The van der Waals surface area contributed by atoms with Gasteiger partial charge in [0.15, 0.2) is 5.16 Å². The molecular formula is C20H27N5O3S2. The number of piperazine rings is 1. The standard InChI is InChI=1S/C20H27N5O3S2/c1-16-6-8-17(9-7-16)30(27,28)24-13-11-23(12-14-24)19(26)15-29-20-22-21-18-5-3-2-4-10-25(18)20/h6-9H,2-5,10-15H2,1H3. The fourth-order valence-electron chi connectivity index (χ4n) is 3.82. The third-order valence-electron chi connectivity index (χ3n) is 5.65. The van der Waals surface area contributed by atoms with E-state index in [1.807, 2.05) is 6.92 Å². The predicted octanol–water partition coefficient (Wildman–Crippen LogP) is 1.94. The number of rotatable bonds is 5. The van der Waals surface area contributed by atoms with E-state index in [9.17, 15) is 13.2 Å². The third-order valence-corrected chi connectivity index (χ3v) is 8.51. The number of aryl methyl sites for hydroxylation is 2. The number of thioether (sulfide) groups is 1. The quantitative estimate of drug-likeness (QED) is 0.648. The minimum Gasteiger partial charge on any atom is -0.339 e. The lowest BCUT2D eigenvalue weighted by Crippen LogP contribution is -2.50. The number of sulfonamides is 1. The van der Waals surface area contributed by atoms with Crippen LogP contribution in [0.5, 0.6) is 0 Å². The summed E-state index contributed by atoms with van der Waals surface area (Å²) in [6.45, 7) is 4.27. The number of nitrogens with zero attached hydrogens (tertiary/aromatic N) is 5. The molecule has 0 saturated carbocycles. The second kappa shape index (κ2) is 9.07. The Bertz CT molecular complexity index is 996. The number of hydrogen-bond acceptors (Lipinski definition) is 6. The lowest BCUT2D eigenvalue weighted by molar-refractivity contribution is -0.129. The summed E-state index contributed by atoms with van der Waals surface area (Å²) >= 11 is 1.42. The van der Waals surface area contributed by atoms with E-state index >= 15 is 0 Å². The Morgan fingerprint density at radius 3 is 2.47 bits per heavy atom. The van der Waals surface area contributed by atoms with Gasteiger partial charge >= 0.3 is 0 Å². The molecule has 1 amide bonds. The van der Waals surface area contributed by atoms with Crippen LogP contribution in [-0.4, -0.2) is 70.2 Å². The Kier molecular flexibility index (Phi) is 6.45. The van der Waals surface area contributed by atoms with Crippen molar-refractivity contribution < 1.29 is 13.2 Å². The van der Waals surface area contributed by atoms with Gasteiger partial charge in [-0.25, -0.2) is 8.42 Å². The van der Waals surface area contributed by atoms with Gasteiger partial charge in [-0.3, -0.25) is 4.79 Å². The van der Waals surface area contributed by atoms with Crippen molar-refractivity contribution in [1.82, 2.24) is 24.0 Å². The summed E-state index contributed by atoms with van der Waals surface area (Å²) in [4.78, 5) is 14.7. The van der Waals surface area contributed by atoms with Gasteiger partial charge in [-0.1, -0.05) is 35.9 Å². The van der Waals surface area contributed by atoms with Gasteiger partial charge in [0.05, 0.1) is 10.6 Å². The second-order valence-electron chi connectivity index (χ2n) is 7.75. The maximum absolute atomic E-state index is 12.8. The van der Waals surface area contributed by atoms with E-state index in [4.69, 9.17) is 0 Å². The zero-order valence-corrected chi connectivity index (χ0v) is 18.8. The van der Waals surface area contributed by atoms with Gasteiger partial charge in [0.25, 0.3) is 0 Å². The summed E-state index contributed by atoms with van der Waals surface area (Å²) in [5.74, 6) is 1.32. The zero-order chi connectivity index (χ0) is 21.1. The average molecular weight is 450 g/mol. The molecule has 0 N–H and O–H groups in total. The molecule has 162 valence electrons. The number of carbonyl (C=O) groups is 1. The largest absolute Gasteiger partial charge is 0.339 e. The minimum absolute atomic E-state index is 0.0124. The van der Waals surface area contributed by atoms with Crippen LogP contribution < -0.4 is 0 Å². The lowest BCUT2D eigenvalue weighted by atomic mass is 10.2. The highest BCUT2D eigenvalue weighted by atomic mass is 32.2. The number of carbonyl (C=O) groups excluding carboxylic acids is 1. The van der Waals surface area contributed by atoms with Crippen molar-refractivity contribution in [3.8, 4) is 0 Å². The third kappa shape index (κ3) is 4.55. The van der Waals surface area contributed by atoms with Crippen LogP contribution in [0.4, 0.5) is 0 Å². The van der Waals surface area contributed by atoms with Crippen LogP contribution in [0.1, 0.15) is 30.7 Å². The second-order valence-corrected chi connectivity index (χ2v) is 10.6. The molecule has 0 radical (unpaired) electrons. The maximum atomic E-state index is 12.8. The Morgan fingerprint density at radius 1 is 1.00 bits per heavy atom. The highest BCUT2D eigenvalue weighted by Gasteiger charge is 2.30. The van der Waals surface area contributed by atoms with Gasteiger partial charge in [0, 0.05) is 39.1 Å². The smallest absolute Gasteiger partial charge is 0.243 e. The van der Waals surface area contributed by atoms with E-state index < -0.39 is 10.0 Å². The van der Waals surface area contributed by atoms with E-state index in [-0.39, 0.29) is 5.91 Å². The van der Waals surface area contributed by atoms with Gasteiger partial charge in [-0.2, -0.15) is 4.31 Å². The van der Waals surface area contributed by atoms with Crippen molar-refractivity contribution in [3.05, 3.63) is 35.7 Å². The van der Waals surface area contributed by atoms with Gasteiger partial charge in [0.2, 0.25) is 15.9 Å². The highest BCUT2D eigenvalue weighted by molar-refractivity contribution is 7.99. The van der Waals surface area contributed by atoms with Gasteiger partial charge < -0.3 is 9.47 Å². The molecule has 2 aliphatic rings. The Labute approximate surface area is 181 Å². The van der Waals surface area contributed by atoms with Crippen LogP contribution in [-0.2, 0) is 27.8 Å². The number of benzene rings is 1. The van der Waals surface area contributed by atoms with Gasteiger partial charge in [-0.05, 0) is 31.9 Å². The normalized spacial score (nSPS) is 18.1. The first-order valence-corrected chi connectivity index (χ1v) is 12.8. The predicted molar refractivity (Wildman–Crippen MR) is 115 cm³/mol. The van der Waals surface area contributed by atoms with Crippen LogP contribution in [0.3, 0.4) is 0 Å². The number of fused-ring (bicyclic) bond motifs is 1. The van der Waals surface area contributed by atoms with Crippen molar-refractivity contribution in [1.29, 1.82) is 0 Å². The molecule has 1 saturated heterocycles. The SMILES string of the molecule is Cc1ccc(S(=O)(=O)N2CCN(C(=O)CSc3nnc4n3CCCCC4)CC2)cc1. The Morgan fingerprint density at radius 2 is 1.73 bits per heavy atom. The maximum Gasteiger partial charge on any atom is 0.243 e. The number of aromatic nitrogens is 3. The molecule has 1 aromatic heterocycles. The molecule has 0 bridgehead atoms. The van der Waals surface area contributed by atoms with Crippen molar-refractivity contribution in [2.24, 2.45) is 0 Å². The van der Waals surface area contributed by atoms with Crippen molar-refractivity contribution in [3.63, 3.8) is 0 Å². The van der Waals surface area contributed by atoms with Crippen LogP contribution in [0, 0.1) is 6.92 Å². The summed E-state index contributed by atoms with van der Waals surface area (Å²) in [6, 6.07) is 6.88. The van der Waals surface area contributed by atoms with Crippen molar-refractivity contribution >= 4 is 27.7 Å². The molecular weight excluding hydrogens is 422 g/mol. The van der Waals surface area contributed by atoms with E-state index in [2.05, 4.69) is 14.8 Å². The summed E-state index contributed by atoms with van der Waals surface area (Å²) in [7, 11) is -3.52. The average Bonchev–Trinajstić information content (AvgIpc) is 2.98. The van der Waals surface area contributed by atoms with Gasteiger partial charge in [0.1, 0.15) is 5.82 Å². The molecule has 0 spiro atoms. The van der Waals surface area contributed by atoms with E-state index in [0.29, 0.717) is 36.8 Å². The van der Waals surface area contributed by atoms with E-state index in [0.717, 1.165) is 42.4 Å². The molecule has 10 heteroatoms. The monoisotopic (exact) mass is 449 g/mol. The van der Waals surface area contributed by atoms with Crippen LogP contribution in [0.15, 0.2) is 34.3 Å². The molecule has 3 heterocycles. The van der Waals surface area contributed by atoms with Crippen molar-refractivity contribution in [2.75, 3.05) is 31.9 Å². The lowest BCUT2D eigenvalue weighted by Gasteiger charge is -2.34. The molecule has 0 atom stereocenters. The molecule has 4 rings (SSSR count). The Balaban J connectivity index is 1.31. The fourth-order valence-corrected chi connectivity index (χ4v) is 6.13. The molecule has 2 aromatic rings. The molecule has 2 aliphatic heterocycles. The zero-order valence-electron chi connectivity index (χ0n) is 17.2. The van der Waals surface area contributed by atoms with E-state index in [1.165, 1.54) is 22.5 Å². The first-order chi connectivity index (χ1) is 14.4. The fraction of sp³-hybridized carbons (Fsp3) is 0.550. The van der Waals surface area contributed by atoms with Gasteiger partial charge in [-0.15, -0.1) is 10.2 Å². The van der Waals surface area contributed by atoms with Crippen LogP contribution in [0.2, 0.25) is 0 Å². The summed E-state index contributed by atoms with van der Waals surface area (Å²) in [5.41, 5.74) is 1.02. The molecule has 8 nitrogen and oxygen atoms in total. The molecule has 1 aromatic carbocycles. The number of hydrogen-bond donors (Lipinski definition) is 0. The first-order valence-electron chi connectivity index (χ1n) is 10.3. The summed E-state index contributed by atoms with van der Waals surface area (Å²) in [5, 5.41) is 9.34. The summed E-state index contributed by atoms with van der Waals surface area (Å²) < 4.78 is 29.2. The van der Waals surface area contributed by atoms with Crippen LogP contribution in [0.25, 0.3) is 0 Å². The molecule has 1 fully saturated rings. The minimum atomic E-state index is -3.52. The molecule has 0 aliphatic carbocycles. The topological polar surface area (TPSA) is 88.4 Å². The van der Waals surface area contributed by atoms with Crippen molar-refractivity contribution in [2.45, 2.75) is 49.2 Å². The number of amides is 1. The molecule has 30 heavy (non-hydrogen) atoms. The Hall–Kier alpha value is -1.91.